The Kier molecular flexibility index (Phi) is 34.6. The molecule has 0 radical (unpaired) electrons. The Bertz CT molecular complexity index is 743. The van der Waals surface area contributed by atoms with E-state index in [0.29, 0.717) is 12.8 Å². The predicted octanol–water partition coefficient (Wildman–Crippen LogP) is 11.6. The van der Waals surface area contributed by atoms with Crippen LogP contribution in [0.15, 0.2) is 12.2 Å². The molecule has 8 heteroatoms. The van der Waals surface area contributed by atoms with Crippen LogP contribution in [0.1, 0.15) is 213 Å². The molecule has 280 valence electrons. The van der Waals surface area contributed by atoms with Gasteiger partial charge in [0, 0.05) is 6.42 Å². The van der Waals surface area contributed by atoms with Crippen LogP contribution in [0.4, 0.5) is 0 Å². The Balaban J connectivity index is 3.84. The van der Waals surface area contributed by atoms with E-state index in [4.69, 9.17) is 9.79 Å². The van der Waals surface area contributed by atoms with Gasteiger partial charge in [-0.15, -0.1) is 0 Å². The highest BCUT2D eigenvalue weighted by Crippen LogP contribution is 2.36. The Morgan fingerprint density at radius 1 is 0.596 bits per heavy atom. The maximum Gasteiger partial charge on any atom is 0.469 e. The number of carbonyl (C=O) groups excluding carboxylic acids is 1. The van der Waals surface area contributed by atoms with Gasteiger partial charge in [-0.05, 0) is 38.5 Å². The molecule has 0 spiro atoms. The number of aliphatic hydroxyl groups is 1. The third-order valence-corrected chi connectivity index (χ3v) is 9.74. The molecular formula is C39H78NO6P. The fourth-order valence-electron chi connectivity index (χ4n) is 6.16. The maximum absolute atomic E-state index is 12.6. The topological polar surface area (TPSA) is 116 Å². The summed E-state index contributed by atoms with van der Waals surface area (Å²) in [5, 5.41) is 13.5. The molecule has 0 bridgehead atoms. The molecule has 0 saturated heterocycles. The fraction of sp³-hybridized carbons (Fsp3) is 0.923. The molecule has 1 amide bonds. The van der Waals surface area contributed by atoms with Crippen LogP contribution in [0.3, 0.4) is 0 Å². The van der Waals surface area contributed by atoms with Crippen molar-refractivity contribution in [1.29, 1.82) is 0 Å². The van der Waals surface area contributed by atoms with Gasteiger partial charge < -0.3 is 20.2 Å². The molecule has 0 unspecified atom stereocenters. The number of phosphoric ester groups is 1. The van der Waals surface area contributed by atoms with Gasteiger partial charge in [-0.25, -0.2) is 4.57 Å². The molecule has 0 saturated carbocycles. The second-order valence-electron chi connectivity index (χ2n) is 14.0. The largest absolute Gasteiger partial charge is 0.469 e. The van der Waals surface area contributed by atoms with Gasteiger partial charge in [0.15, 0.2) is 0 Å². The van der Waals surface area contributed by atoms with E-state index in [2.05, 4.69) is 35.8 Å². The van der Waals surface area contributed by atoms with Crippen LogP contribution in [0.25, 0.3) is 0 Å². The summed E-state index contributed by atoms with van der Waals surface area (Å²) in [5.74, 6) is -0.195. The molecule has 0 aliphatic rings. The summed E-state index contributed by atoms with van der Waals surface area (Å²) >= 11 is 0. The first-order chi connectivity index (χ1) is 22.8. The van der Waals surface area contributed by atoms with Gasteiger partial charge in [0.2, 0.25) is 5.91 Å². The number of amides is 1. The number of phosphoric acid groups is 1. The molecule has 0 aromatic heterocycles. The van der Waals surface area contributed by atoms with E-state index in [-0.39, 0.29) is 5.91 Å². The maximum atomic E-state index is 12.6. The van der Waals surface area contributed by atoms with Crippen LogP contribution < -0.4 is 5.32 Å². The zero-order valence-electron chi connectivity index (χ0n) is 31.0. The quantitative estimate of drug-likeness (QED) is 0.0293. The van der Waals surface area contributed by atoms with E-state index >= 15 is 0 Å². The van der Waals surface area contributed by atoms with E-state index in [1.165, 1.54) is 148 Å². The number of rotatable bonds is 37. The van der Waals surface area contributed by atoms with Crippen LogP contribution >= 0.6 is 7.82 Å². The Labute approximate surface area is 291 Å². The molecule has 47 heavy (non-hydrogen) atoms. The lowest BCUT2D eigenvalue weighted by atomic mass is 10.0. The summed E-state index contributed by atoms with van der Waals surface area (Å²) < 4.78 is 15.9. The monoisotopic (exact) mass is 688 g/mol. The summed E-state index contributed by atoms with van der Waals surface area (Å²) in [6.07, 6.45) is 40.6. The molecule has 0 aliphatic carbocycles. The van der Waals surface area contributed by atoms with Crippen LogP contribution in [-0.4, -0.2) is 39.6 Å². The third-order valence-electron chi connectivity index (χ3n) is 9.25. The SMILES string of the molecule is CCCCCCCC/C=C/CCCCCCCCCCCCCC(=O)N[C@@H](COP(=O)(O)O)[C@H](O)CCCCCCCCCCCC. The lowest BCUT2D eigenvalue weighted by Gasteiger charge is -2.24. The molecular weight excluding hydrogens is 609 g/mol. The summed E-state index contributed by atoms with van der Waals surface area (Å²) in [6, 6.07) is -0.819. The van der Waals surface area contributed by atoms with Gasteiger partial charge in [0.05, 0.1) is 18.8 Å². The van der Waals surface area contributed by atoms with E-state index in [1.807, 2.05) is 0 Å². The van der Waals surface area contributed by atoms with Crippen LogP contribution in [0, 0.1) is 0 Å². The van der Waals surface area contributed by atoms with E-state index in [1.54, 1.807) is 0 Å². The average molecular weight is 688 g/mol. The smallest absolute Gasteiger partial charge is 0.391 e. The molecule has 0 rings (SSSR count). The van der Waals surface area contributed by atoms with Crippen molar-refractivity contribution in [3.8, 4) is 0 Å². The summed E-state index contributed by atoms with van der Waals surface area (Å²) in [4.78, 5) is 30.8. The van der Waals surface area contributed by atoms with Crippen molar-refractivity contribution in [1.82, 2.24) is 5.32 Å². The number of aliphatic hydroxyl groups excluding tert-OH is 1. The molecule has 0 heterocycles. The minimum Gasteiger partial charge on any atom is -0.391 e. The highest BCUT2D eigenvalue weighted by atomic mass is 31.2. The third kappa shape index (κ3) is 36.4. The van der Waals surface area contributed by atoms with Crippen molar-refractivity contribution in [3.05, 3.63) is 12.2 Å². The lowest BCUT2D eigenvalue weighted by Crippen LogP contribution is -2.46. The summed E-state index contributed by atoms with van der Waals surface area (Å²) in [7, 11) is -4.68. The standard InChI is InChI=1S/C39H78NO6P/c1-3-5-7-9-11-13-15-16-17-18-19-20-21-22-23-24-25-27-29-31-33-35-39(42)40-37(36-46-47(43,44)45)38(41)34-32-30-28-26-14-12-10-8-6-4-2/h16-17,37-38,41H,3-15,18-36H2,1-2H3,(H,40,42)(H2,43,44,45)/b17-16+/t37-,38+/m0/s1. The minimum absolute atomic E-state index is 0.195. The molecule has 0 aromatic carbocycles. The Hall–Kier alpha value is -0.720. The van der Waals surface area contributed by atoms with Crippen molar-refractivity contribution in [2.24, 2.45) is 0 Å². The fourth-order valence-corrected chi connectivity index (χ4v) is 6.52. The Morgan fingerprint density at radius 2 is 0.957 bits per heavy atom. The second kappa shape index (κ2) is 35.1. The first-order valence-corrected chi connectivity index (χ1v) is 21.7. The number of nitrogens with one attached hydrogen (secondary N) is 1. The van der Waals surface area contributed by atoms with Gasteiger partial charge in [0.25, 0.3) is 0 Å². The molecule has 4 N–H and O–H groups in total. The van der Waals surface area contributed by atoms with Gasteiger partial charge in [-0.3, -0.25) is 9.32 Å². The number of carbonyl (C=O) groups is 1. The van der Waals surface area contributed by atoms with Crippen molar-refractivity contribution >= 4 is 13.7 Å². The zero-order valence-corrected chi connectivity index (χ0v) is 31.8. The van der Waals surface area contributed by atoms with E-state index in [0.717, 1.165) is 38.5 Å². The van der Waals surface area contributed by atoms with E-state index < -0.39 is 26.6 Å². The van der Waals surface area contributed by atoms with Crippen molar-refractivity contribution in [3.63, 3.8) is 0 Å². The van der Waals surface area contributed by atoms with Crippen molar-refractivity contribution in [2.75, 3.05) is 6.61 Å². The van der Waals surface area contributed by atoms with Gasteiger partial charge in [-0.1, -0.05) is 180 Å². The number of hydrogen-bond donors (Lipinski definition) is 4. The highest BCUT2D eigenvalue weighted by molar-refractivity contribution is 7.46. The first kappa shape index (κ1) is 46.3. The van der Waals surface area contributed by atoms with Crippen LogP contribution in [0.5, 0.6) is 0 Å². The molecule has 2 atom stereocenters. The van der Waals surface area contributed by atoms with E-state index in [9.17, 15) is 14.5 Å². The Morgan fingerprint density at radius 3 is 1.36 bits per heavy atom. The normalized spacial score (nSPS) is 13.4. The van der Waals surface area contributed by atoms with Crippen molar-refractivity contribution in [2.45, 2.75) is 225 Å². The number of hydrogen-bond acceptors (Lipinski definition) is 4. The summed E-state index contributed by atoms with van der Waals surface area (Å²) in [5.41, 5.74) is 0. The molecule has 7 nitrogen and oxygen atoms in total. The van der Waals surface area contributed by atoms with Crippen LogP contribution in [0.2, 0.25) is 0 Å². The molecule has 0 fully saturated rings. The van der Waals surface area contributed by atoms with Gasteiger partial charge in [-0.2, -0.15) is 0 Å². The molecule has 0 aromatic rings. The lowest BCUT2D eigenvalue weighted by molar-refractivity contribution is -0.123. The van der Waals surface area contributed by atoms with Gasteiger partial charge in [0.1, 0.15) is 0 Å². The zero-order chi connectivity index (χ0) is 34.7. The highest BCUT2D eigenvalue weighted by Gasteiger charge is 2.25. The second-order valence-corrected chi connectivity index (χ2v) is 15.2. The molecule has 0 aliphatic heterocycles. The first-order valence-electron chi connectivity index (χ1n) is 20.1. The predicted molar refractivity (Wildman–Crippen MR) is 200 cm³/mol. The number of allylic oxidation sites excluding steroid dienone is 2. The minimum atomic E-state index is -4.68. The van der Waals surface area contributed by atoms with Crippen LogP contribution in [-0.2, 0) is 13.9 Å². The van der Waals surface area contributed by atoms with Gasteiger partial charge >= 0.3 is 7.82 Å². The van der Waals surface area contributed by atoms with Crippen molar-refractivity contribution < 1.29 is 28.8 Å². The summed E-state index contributed by atoms with van der Waals surface area (Å²) in [6.45, 7) is 4.10. The average Bonchev–Trinajstić information content (AvgIpc) is 3.04. The number of unbranched alkanes of at least 4 members (excludes halogenated alkanes) is 26.